The Hall–Kier alpha value is -3.10. The van der Waals surface area contributed by atoms with E-state index in [-0.39, 0.29) is 13.2 Å². The van der Waals surface area contributed by atoms with Crippen LogP contribution in [0.3, 0.4) is 0 Å². The van der Waals surface area contributed by atoms with Crippen molar-refractivity contribution in [3.63, 3.8) is 0 Å². The Morgan fingerprint density at radius 2 is 1.64 bits per heavy atom. The third kappa shape index (κ3) is 6.90. The zero-order valence-electron chi connectivity index (χ0n) is 16.3. The van der Waals surface area contributed by atoms with Gasteiger partial charge in [0.2, 0.25) is 5.54 Å². The summed E-state index contributed by atoms with van der Waals surface area (Å²) in [5.41, 5.74) is -2.93. The van der Waals surface area contributed by atoms with Crippen molar-refractivity contribution in [1.29, 1.82) is 0 Å². The van der Waals surface area contributed by atoms with Gasteiger partial charge in [0.1, 0.15) is 12.2 Å². The predicted molar refractivity (Wildman–Crippen MR) is 97.2 cm³/mol. The van der Waals surface area contributed by atoms with Gasteiger partial charge in [-0.2, -0.15) is 0 Å². The lowest BCUT2D eigenvalue weighted by Crippen LogP contribution is -2.62. The van der Waals surface area contributed by atoms with Crippen molar-refractivity contribution in [1.82, 2.24) is 5.32 Å². The molecule has 0 radical (unpaired) electrons. The summed E-state index contributed by atoms with van der Waals surface area (Å²) >= 11 is 0. The van der Waals surface area contributed by atoms with Crippen LogP contribution in [0.2, 0.25) is 0 Å². The third-order valence-corrected chi connectivity index (χ3v) is 3.35. The van der Waals surface area contributed by atoms with Crippen molar-refractivity contribution in [3.05, 3.63) is 35.9 Å². The molecule has 1 atom stereocenters. The molecule has 2 N–H and O–H groups in total. The molecule has 0 saturated heterocycles. The molecule has 0 aromatic heterocycles. The SMILES string of the molecule is CCOC(=O)[C@](CC(=O)OC(C)(C)C)(NC(=O)OCc1ccccc1)C(=O)O. The van der Waals surface area contributed by atoms with Crippen LogP contribution >= 0.6 is 0 Å². The number of hydrogen-bond donors (Lipinski definition) is 2. The highest BCUT2D eigenvalue weighted by molar-refractivity contribution is 6.09. The summed E-state index contributed by atoms with van der Waals surface area (Å²) in [6.07, 6.45) is -2.15. The highest BCUT2D eigenvalue weighted by atomic mass is 16.6. The van der Waals surface area contributed by atoms with Gasteiger partial charge in [-0.05, 0) is 33.3 Å². The highest BCUT2D eigenvalue weighted by Crippen LogP contribution is 2.19. The summed E-state index contributed by atoms with van der Waals surface area (Å²) in [4.78, 5) is 48.5. The van der Waals surface area contributed by atoms with Crippen molar-refractivity contribution in [2.75, 3.05) is 6.61 Å². The fourth-order valence-electron chi connectivity index (χ4n) is 2.17. The molecule has 1 amide bonds. The molecule has 0 spiro atoms. The number of rotatable bonds is 8. The Labute approximate surface area is 163 Å². The lowest BCUT2D eigenvalue weighted by molar-refractivity contribution is -0.171. The number of carbonyl (C=O) groups excluding carboxylic acids is 3. The zero-order valence-corrected chi connectivity index (χ0v) is 16.3. The van der Waals surface area contributed by atoms with E-state index in [2.05, 4.69) is 0 Å². The van der Waals surface area contributed by atoms with E-state index in [0.717, 1.165) is 0 Å². The normalized spacial score (nSPS) is 13.0. The molecule has 1 aromatic rings. The first-order valence-corrected chi connectivity index (χ1v) is 8.61. The molecule has 0 aliphatic heterocycles. The fraction of sp³-hybridized carbons (Fsp3) is 0.474. The Bertz CT molecular complexity index is 710. The Kier molecular flexibility index (Phi) is 7.97. The number of carboxylic acid groups (broad SMARTS) is 1. The van der Waals surface area contributed by atoms with E-state index in [9.17, 15) is 24.3 Å². The number of ether oxygens (including phenoxy) is 3. The van der Waals surface area contributed by atoms with E-state index in [1.807, 2.05) is 5.32 Å². The largest absolute Gasteiger partial charge is 0.479 e. The first-order valence-electron chi connectivity index (χ1n) is 8.61. The molecule has 0 bridgehead atoms. The Morgan fingerprint density at radius 3 is 2.14 bits per heavy atom. The van der Waals surface area contributed by atoms with E-state index in [1.54, 1.807) is 51.1 Å². The van der Waals surface area contributed by atoms with E-state index in [4.69, 9.17) is 14.2 Å². The van der Waals surface area contributed by atoms with Gasteiger partial charge in [0, 0.05) is 0 Å². The second kappa shape index (κ2) is 9.72. The Balaban J connectivity index is 3.00. The van der Waals surface area contributed by atoms with Crippen LogP contribution in [-0.4, -0.2) is 46.9 Å². The van der Waals surface area contributed by atoms with E-state index in [1.165, 1.54) is 6.92 Å². The van der Waals surface area contributed by atoms with Crippen LogP contribution in [0.5, 0.6) is 0 Å². The van der Waals surface area contributed by atoms with Crippen molar-refractivity contribution in [2.24, 2.45) is 0 Å². The van der Waals surface area contributed by atoms with Gasteiger partial charge in [0.05, 0.1) is 13.0 Å². The lowest BCUT2D eigenvalue weighted by Gasteiger charge is -2.28. The molecular formula is C19H25NO8. The van der Waals surface area contributed by atoms with Crippen LogP contribution in [0.25, 0.3) is 0 Å². The van der Waals surface area contributed by atoms with Gasteiger partial charge in [-0.1, -0.05) is 30.3 Å². The van der Waals surface area contributed by atoms with Gasteiger partial charge in [0.15, 0.2) is 0 Å². The number of carbonyl (C=O) groups is 4. The fourth-order valence-corrected chi connectivity index (χ4v) is 2.17. The molecule has 9 nitrogen and oxygen atoms in total. The lowest BCUT2D eigenvalue weighted by atomic mass is 9.95. The minimum absolute atomic E-state index is 0.150. The summed E-state index contributed by atoms with van der Waals surface area (Å²) in [6.45, 7) is 5.91. The summed E-state index contributed by atoms with van der Waals surface area (Å²) < 4.78 is 14.8. The van der Waals surface area contributed by atoms with Crippen molar-refractivity contribution in [3.8, 4) is 0 Å². The van der Waals surface area contributed by atoms with Crippen LogP contribution in [0.4, 0.5) is 4.79 Å². The zero-order chi connectivity index (χ0) is 21.4. The molecule has 0 saturated carbocycles. The maximum absolute atomic E-state index is 12.3. The van der Waals surface area contributed by atoms with Crippen LogP contribution in [0, 0.1) is 0 Å². The highest BCUT2D eigenvalue weighted by Gasteiger charge is 2.52. The standard InChI is InChI=1S/C19H25NO8/c1-5-26-16(24)19(15(22)23,11-14(21)28-18(2,3)4)20-17(25)27-12-13-9-7-6-8-10-13/h6-10H,5,11-12H2,1-4H3,(H,20,25)(H,22,23)/t19-/m1/s1. The quantitative estimate of drug-likeness (QED) is 0.389. The molecule has 9 heteroatoms. The van der Waals surface area contributed by atoms with Gasteiger partial charge >= 0.3 is 24.0 Å². The Morgan fingerprint density at radius 1 is 1.04 bits per heavy atom. The summed E-state index contributed by atoms with van der Waals surface area (Å²) in [6, 6.07) is 8.65. The number of aliphatic carboxylic acids is 1. The van der Waals surface area contributed by atoms with Crippen molar-refractivity contribution < 1.29 is 38.5 Å². The van der Waals surface area contributed by atoms with Crippen molar-refractivity contribution >= 4 is 24.0 Å². The van der Waals surface area contributed by atoms with Crippen LogP contribution in [-0.2, 0) is 35.2 Å². The molecule has 0 unspecified atom stereocenters. The number of benzene rings is 1. The average molecular weight is 395 g/mol. The van der Waals surface area contributed by atoms with Crippen LogP contribution < -0.4 is 5.32 Å². The molecule has 0 aliphatic carbocycles. The van der Waals surface area contributed by atoms with Crippen LogP contribution in [0.15, 0.2) is 30.3 Å². The maximum Gasteiger partial charge on any atom is 0.408 e. The third-order valence-electron chi connectivity index (χ3n) is 3.35. The van der Waals surface area contributed by atoms with Crippen molar-refractivity contribution in [2.45, 2.75) is 51.9 Å². The summed E-state index contributed by atoms with van der Waals surface area (Å²) in [5.74, 6) is -4.06. The summed E-state index contributed by atoms with van der Waals surface area (Å²) in [7, 11) is 0. The van der Waals surface area contributed by atoms with E-state index in [0.29, 0.717) is 5.56 Å². The molecule has 1 rings (SSSR count). The number of carboxylic acids is 1. The molecule has 154 valence electrons. The molecule has 28 heavy (non-hydrogen) atoms. The van der Waals surface area contributed by atoms with Gasteiger partial charge in [-0.25, -0.2) is 14.4 Å². The number of alkyl carbamates (subject to hydrolysis) is 1. The van der Waals surface area contributed by atoms with Gasteiger partial charge < -0.3 is 19.3 Å². The second-order valence-corrected chi connectivity index (χ2v) is 6.88. The number of esters is 2. The topological polar surface area (TPSA) is 128 Å². The number of hydrogen-bond acceptors (Lipinski definition) is 7. The number of nitrogens with one attached hydrogen (secondary N) is 1. The predicted octanol–water partition coefficient (Wildman–Crippen LogP) is 2.03. The van der Waals surface area contributed by atoms with Crippen LogP contribution in [0.1, 0.15) is 39.7 Å². The van der Waals surface area contributed by atoms with E-state index < -0.39 is 41.6 Å². The molecule has 1 aromatic carbocycles. The molecule has 0 aliphatic rings. The maximum atomic E-state index is 12.3. The first kappa shape index (κ1) is 22.9. The average Bonchev–Trinajstić information content (AvgIpc) is 2.58. The minimum Gasteiger partial charge on any atom is -0.479 e. The molecule has 0 fully saturated rings. The smallest absolute Gasteiger partial charge is 0.408 e. The van der Waals surface area contributed by atoms with Gasteiger partial charge in [0.25, 0.3) is 0 Å². The summed E-state index contributed by atoms with van der Waals surface area (Å²) in [5, 5.41) is 11.6. The van der Waals surface area contributed by atoms with Gasteiger partial charge in [-0.15, -0.1) is 0 Å². The number of amides is 1. The second-order valence-electron chi connectivity index (χ2n) is 6.88. The van der Waals surface area contributed by atoms with Gasteiger partial charge in [-0.3, -0.25) is 10.1 Å². The molecular weight excluding hydrogens is 370 g/mol. The first-order chi connectivity index (χ1) is 13.0. The monoisotopic (exact) mass is 395 g/mol. The minimum atomic E-state index is -2.67. The van der Waals surface area contributed by atoms with E-state index >= 15 is 0 Å². The molecule has 0 heterocycles.